The summed E-state index contributed by atoms with van der Waals surface area (Å²) in [6.45, 7) is 0.325. The maximum absolute atomic E-state index is 13.8. The molecule has 1 atom stereocenters. The zero-order chi connectivity index (χ0) is 18.0. The monoisotopic (exact) mass is 349 g/mol. The topological polar surface area (TPSA) is 92.5 Å². The Kier molecular flexibility index (Phi) is 4.96. The van der Waals surface area contributed by atoms with Gasteiger partial charge in [-0.3, -0.25) is 19.7 Å². The molecule has 1 aliphatic heterocycles. The van der Waals surface area contributed by atoms with Gasteiger partial charge in [-0.25, -0.2) is 4.39 Å². The number of carbonyl (C=O) groups excluding carboxylic acids is 2. The average molecular weight is 349 g/mol. The van der Waals surface area contributed by atoms with E-state index in [4.69, 9.17) is 0 Å². The highest BCUT2D eigenvalue weighted by Crippen LogP contribution is 2.30. The van der Waals surface area contributed by atoms with E-state index in [-0.39, 0.29) is 29.7 Å². The number of nitrogens with one attached hydrogen (secondary N) is 1. The molecule has 1 heterocycles. The summed E-state index contributed by atoms with van der Waals surface area (Å²) in [6, 6.07) is 3.16. The highest BCUT2D eigenvalue weighted by atomic mass is 19.1. The number of benzene rings is 1. The molecule has 2 fully saturated rings. The van der Waals surface area contributed by atoms with Gasteiger partial charge in [-0.15, -0.1) is 0 Å². The van der Waals surface area contributed by atoms with Crippen molar-refractivity contribution in [2.24, 2.45) is 5.92 Å². The first-order chi connectivity index (χ1) is 12.0. The molecule has 1 aromatic rings. The molecule has 25 heavy (non-hydrogen) atoms. The molecule has 1 unspecified atom stereocenters. The Bertz CT molecular complexity index is 703. The van der Waals surface area contributed by atoms with Gasteiger partial charge >= 0.3 is 0 Å². The average Bonchev–Trinajstić information content (AvgIpc) is 2.99. The van der Waals surface area contributed by atoms with E-state index < -0.39 is 22.6 Å². The number of nitro groups is 1. The van der Waals surface area contributed by atoms with Crippen molar-refractivity contribution in [3.8, 4) is 0 Å². The summed E-state index contributed by atoms with van der Waals surface area (Å²) in [5.74, 6) is -1.84. The summed E-state index contributed by atoms with van der Waals surface area (Å²) in [6.07, 6.45) is 5.36. The summed E-state index contributed by atoms with van der Waals surface area (Å²) >= 11 is 0. The lowest BCUT2D eigenvalue weighted by Gasteiger charge is -2.31. The van der Waals surface area contributed by atoms with Gasteiger partial charge in [0, 0.05) is 31.1 Å². The normalized spacial score (nSPS) is 21.4. The van der Waals surface area contributed by atoms with Crippen LogP contribution in [0.2, 0.25) is 0 Å². The van der Waals surface area contributed by atoms with Crippen molar-refractivity contribution in [2.45, 2.75) is 44.6 Å². The number of hydrogen-bond donors (Lipinski definition) is 1. The second-order valence-electron chi connectivity index (χ2n) is 6.65. The standard InChI is InChI=1S/C17H20FN3O4/c18-14-7-6-13(21(24)25)9-15(14)19-17(23)11-8-16(22)20(10-11)12-4-2-1-3-5-12/h6-7,9,11-12H,1-5,8,10H2,(H,19,23). The van der Waals surface area contributed by atoms with Gasteiger partial charge in [0.1, 0.15) is 5.82 Å². The van der Waals surface area contributed by atoms with Gasteiger partial charge in [0.15, 0.2) is 0 Å². The van der Waals surface area contributed by atoms with Gasteiger partial charge in [0.25, 0.3) is 5.69 Å². The van der Waals surface area contributed by atoms with E-state index in [9.17, 15) is 24.1 Å². The van der Waals surface area contributed by atoms with Crippen molar-refractivity contribution in [3.05, 3.63) is 34.1 Å². The van der Waals surface area contributed by atoms with E-state index in [2.05, 4.69) is 5.32 Å². The number of nitrogens with zero attached hydrogens (tertiary/aromatic N) is 2. The van der Waals surface area contributed by atoms with Crippen LogP contribution in [0.1, 0.15) is 38.5 Å². The first-order valence-corrected chi connectivity index (χ1v) is 8.50. The summed E-state index contributed by atoms with van der Waals surface area (Å²) < 4.78 is 13.8. The van der Waals surface area contributed by atoms with Crippen LogP contribution in [0.5, 0.6) is 0 Å². The van der Waals surface area contributed by atoms with Crippen LogP contribution < -0.4 is 5.32 Å². The number of carbonyl (C=O) groups is 2. The third-order valence-electron chi connectivity index (χ3n) is 4.96. The van der Waals surface area contributed by atoms with Crippen molar-refractivity contribution in [3.63, 3.8) is 0 Å². The van der Waals surface area contributed by atoms with Crippen molar-refractivity contribution in [1.29, 1.82) is 0 Å². The van der Waals surface area contributed by atoms with Crippen molar-refractivity contribution >= 4 is 23.2 Å². The van der Waals surface area contributed by atoms with Crippen LogP contribution >= 0.6 is 0 Å². The third kappa shape index (κ3) is 3.78. The van der Waals surface area contributed by atoms with Gasteiger partial charge in [-0.2, -0.15) is 0 Å². The Balaban J connectivity index is 1.67. The lowest BCUT2D eigenvalue weighted by molar-refractivity contribution is -0.384. The molecule has 7 nitrogen and oxygen atoms in total. The largest absolute Gasteiger partial charge is 0.339 e. The molecule has 1 aliphatic carbocycles. The summed E-state index contributed by atoms with van der Waals surface area (Å²) in [5, 5.41) is 13.2. The maximum Gasteiger partial charge on any atom is 0.271 e. The van der Waals surface area contributed by atoms with E-state index in [1.807, 2.05) is 0 Å². The first-order valence-electron chi connectivity index (χ1n) is 8.50. The number of halogens is 1. The number of non-ortho nitro benzene ring substituents is 1. The molecule has 1 saturated heterocycles. The van der Waals surface area contributed by atoms with E-state index in [1.54, 1.807) is 4.90 Å². The number of likely N-dealkylation sites (tertiary alicyclic amines) is 1. The fourth-order valence-electron chi connectivity index (χ4n) is 3.61. The fourth-order valence-corrected chi connectivity index (χ4v) is 3.61. The van der Waals surface area contributed by atoms with Crippen LogP contribution in [0.4, 0.5) is 15.8 Å². The molecular weight excluding hydrogens is 329 g/mol. The SMILES string of the molecule is O=C(Nc1cc([N+](=O)[O-])ccc1F)C1CC(=O)N(C2CCCCC2)C1. The highest BCUT2D eigenvalue weighted by molar-refractivity contribution is 5.97. The predicted molar refractivity (Wildman–Crippen MR) is 88.4 cm³/mol. The van der Waals surface area contributed by atoms with Gasteiger partial charge in [-0.1, -0.05) is 19.3 Å². The summed E-state index contributed by atoms with van der Waals surface area (Å²) in [5.41, 5.74) is -0.536. The van der Waals surface area contributed by atoms with E-state index in [1.165, 1.54) is 6.42 Å². The molecule has 2 aliphatic rings. The molecule has 3 rings (SSSR count). The van der Waals surface area contributed by atoms with Gasteiger partial charge in [-0.05, 0) is 18.9 Å². The van der Waals surface area contributed by atoms with Crippen LogP contribution in [0, 0.1) is 21.8 Å². The van der Waals surface area contributed by atoms with Crippen LogP contribution in [-0.4, -0.2) is 34.2 Å². The number of hydrogen-bond acceptors (Lipinski definition) is 4. The van der Waals surface area contributed by atoms with E-state index in [0.29, 0.717) is 6.54 Å². The van der Waals surface area contributed by atoms with Crippen molar-refractivity contribution in [1.82, 2.24) is 4.90 Å². The zero-order valence-electron chi connectivity index (χ0n) is 13.7. The van der Waals surface area contributed by atoms with E-state index in [0.717, 1.165) is 43.9 Å². The lowest BCUT2D eigenvalue weighted by atomic mass is 9.94. The Hall–Kier alpha value is -2.51. The van der Waals surface area contributed by atoms with Crippen LogP contribution in [0.15, 0.2) is 18.2 Å². The second-order valence-corrected chi connectivity index (χ2v) is 6.65. The van der Waals surface area contributed by atoms with Crippen molar-refractivity contribution in [2.75, 3.05) is 11.9 Å². The van der Waals surface area contributed by atoms with Crippen molar-refractivity contribution < 1.29 is 18.9 Å². The number of rotatable bonds is 4. The molecule has 1 N–H and O–H groups in total. The van der Waals surface area contributed by atoms with Gasteiger partial charge in [0.05, 0.1) is 16.5 Å². The minimum atomic E-state index is -0.743. The number of nitro benzene ring substituents is 1. The first kappa shape index (κ1) is 17.3. The molecule has 0 aromatic heterocycles. The Morgan fingerprint density at radius 2 is 2.00 bits per heavy atom. The van der Waals surface area contributed by atoms with Gasteiger partial charge in [0.2, 0.25) is 11.8 Å². The smallest absolute Gasteiger partial charge is 0.271 e. The summed E-state index contributed by atoms with van der Waals surface area (Å²) in [7, 11) is 0. The predicted octanol–water partition coefficient (Wildman–Crippen LogP) is 2.85. The minimum Gasteiger partial charge on any atom is -0.339 e. The van der Waals surface area contributed by atoms with E-state index >= 15 is 0 Å². The lowest BCUT2D eigenvalue weighted by Crippen LogP contribution is -2.38. The third-order valence-corrected chi connectivity index (χ3v) is 4.96. The molecule has 134 valence electrons. The minimum absolute atomic E-state index is 0.0495. The molecular formula is C17H20FN3O4. The Morgan fingerprint density at radius 1 is 1.28 bits per heavy atom. The van der Waals surface area contributed by atoms with Crippen LogP contribution in [0.25, 0.3) is 0 Å². The Morgan fingerprint density at radius 3 is 2.68 bits per heavy atom. The van der Waals surface area contributed by atoms with Gasteiger partial charge < -0.3 is 10.2 Å². The number of amides is 2. The fraction of sp³-hybridized carbons (Fsp3) is 0.529. The molecule has 0 bridgehead atoms. The molecule has 0 spiro atoms. The quantitative estimate of drug-likeness (QED) is 0.668. The zero-order valence-corrected chi connectivity index (χ0v) is 13.7. The number of anilines is 1. The molecule has 8 heteroatoms. The molecule has 0 radical (unpaired) electrons. The second kappa shape index (κ2) is 7.16. The molecule has 1 saturated carbocycles. The Labute approximate surface area is 144 Å². The molecule has 1 aromatic carbocycles. The van der Waals surface area contributed by atoms with Crippen LogP contribution in [-0.2, 0) is 9.59 Å². The van der Waals surface area contributed by atoms with Crippen LogP contribution in [0.3, 0.4) is 0 Å². The molecule has 2 amide bonds. The maximum atomic E-state index is 13.8. The summed E-state index contributed by atoms with van der Waals surface area (Å²) in [4.78, 5) is 36.5. The highest BCUT2D eigenvalue weighted by Gasteiger charge is 2.38.